The van der Waals surface area contributed by atoms with Crippen molar-refractivity contribution in [3.63, 3.8) is 0 Å². The lowest BCUT2D eigenvalue weighted by Gasteiger charge is -2.24. The summed E-state index contributed by atoms with van der Waals surface area (Å²) in [6, 6.07) is -2.37. The number of hydrogen-bond acceptors (Lipinski definition) is 4. The summed E-state index contributed by atoms with van der Waals surface area (Å²) >= 11 is 0. The number of urea groups is 1. The number of amides is 3. The molecule has 2 unspecified atom stereocenters. The number of likely N-dealkylation sites (tertiary alicyclic amines) is 1. The maximum atomic E-state index is 12.1. The number of carboxylic acids is 1. The number of nitrogens with zero attached hydrogens (tertiary/aromatic N) is 2. The predicted octanol–water partition coefficient (Wildman–Crippen LogP) is -0.935. The fourth-order valence-electron chi connectivity index (χ4n) is 2.35. The van der Waals surface area contributed by atoms with Gasteiger partial charge in [-0.2, -0.15) is 0 Å². The SMILES string of the molecule is NC(=O)C1CCCN1C(=O)NC(Cc1cnc[nH]1)C(=O)O. The summed E-state index contributed by atoms with van der Waals surface area (Å²) in [6.45, 7) is 0.385. The number of aromatic nitrogens is 2. The minimum absolute atomic E-state index is 0.0795. The van der Waals surface area contributed by atoms with Crippen molar-refractivity contribution in [2.45, 2.75) is 31.3 Å². The van der Waals surface area contributed by atoms with E-state index < -0.39 is 30.0 Å². The van der Waals surface area contributed by atoms with Crippen LogP contribution in [0.3, 0.4) is 0 Å². The molecule has 114 valence electrons. The molecule has 5 N–H and O–H groups in total. The lowest BCUT2D eigenvalue weighted by molar-refractivity contribution is -0.139. The van der Waals surface area contributed by atoms with Crippen LogP contribution in [0.25, 0.3) is 0 Å². The second kappa shape index (κ2) is 6.25. The zero-order valence-electron chi connectivity index (χ0n) is 11.3. The van der Waals surface area contributed by atoms with E-state index in [1.165, 1.54) is 17.4 Å². The van der Waals surface area contributed by atoms with E-state index in [1.54, 1.807) is 0 Å². The van der Waals surface area contributed by atoms with Gasteiger partial charge in [0.15, 0.2) is 0 Å². The van der Waals surface area contributed by atoms with Gasteiger partial charge in [0, 0.05) is 24.9 Å². The van der Waals surface area contributed by atoms with Crippen LogP contribution in [0.5, 0.6) is 0 Å². The number of imidazole rings is 1. The Morgan fingerprint density at radius 3 is 2.90 bits per heavy atom. The topological polar surface area (TPSA) is 141 Å². The first-order valence-electron chi connectivity index (χ1n) is 6.55. The van der Waals surface area contributed by atoms with Crippen LogP contribution in [0.2, 0.25) is 0 Å². The van der Waals surface area contributed by atoms with Crippen molar-refractivity contribution in [3.05, 3.63) is 18.2 Å². The van der Waals surface area contributed by atoms with Crippen LogP contribution < -0.4 is 11.1 Å². The van der Waals surface area contributed by atoms with E-state index in [0.717, 1.165) is 0 Å². The van der Waals surface area contributed by atoms with E-state index in [9.17, 15) is 19.5 Å². The summed E-state index contributed by atoms with van der Waals surface area (Å²) in [5.74, 6) is -1.74. The van der Waals surface area contributed by atoms with Crippen LogP contribution in [0.4, 0.5) is 4.79 Å². The molecule has 21 heavy (non-hydrogen) atoms. The highest BCUT2D eigenvalue weighted by Gasteiger charge is 2.34. The number of carboxylic acid groups (broad SMARTS) is 1. The second-order valence-electron chi connectivity index (χ2n) is 4.88. The number of H-pyrrole nitrogens is 1. The van der Waals surface area contributed by atoms with Gasteiger partial charge in [-0.3, -0.25) is 4.79 Å². The zero-order chi connectivity index (χ0) is 15.4. The monoisotopic (exact) mass is 295 g/mol. The van der Waals surface area contributed by atoms with Gasteiger partial charge < -0.3 is 26.0 Å². The van der Waals surface area contributed by atoms with Crippen LogP contribution in [0.15, 0.2) is 12.5 Å². The highest BCUT2D eigenvalue weighted by atomic mass is 16.4. The maximum absolute atomic E-state index is 12.1. The molecule has 1 aliphatic rings. The van der Waals surface area contributed by atoms with Gasteiger partial charge in [0.25, 0.3) is 0 Å². The van der Waals surface area contributed by atoms with Crippen molar-refractivity contribution in [2.75, 3.05) is 6.54 Å². The summed E-state index contributed by atoms with van der Waals surface area (Å²) < 4.78 is 0. The number of carbonyl (C=O) groups excluding carboxylic acids is 2. The fourth-order valence-corrected chi connectivity index (χ4v) is 2.35. The first-order valence-corrected chi connectivity index (χ1v) is 6.55. The molecule has 1 aliphatic heterocycles. The molecular formula is C12H17N5O4. The molecule has 1 aromatic heterocycles. The molecule has 0 saturated carbocycles. The molecular weight excluding hydrogens is 278 g/mol. The molecule has 0 aromatic carbocycles. The molecule has 2 heterocycles. The van der Waals surface area contributed by atoms with Gasteiger partial charge in [-0.1, -0.05) is 0 Å². The van der Waals surface area contributed by atoms with Gasteiger partial charge in [-0.25, -0.2) is 14.6 Å². The van der Waals surface area contributed by atoms with E-state index in [-0.39, 0.29) is 6.42 Å². The largest absolute Gasteiger partial charge is 0.480 e. The average Bonchev–Trinajstić information content (AvgIpc) is 3.08. The first kappa shape index (κ1) is 14.8. The minimum Gasteiger partial charge on any atom is -0.480 e. The molecule has 0 bridgehead atoms. The summed E-state index contributed by atoms with van der Waals surface area (Å²) in [6.07, 6.45) is 4.17. The smallest absolute Gasteiger partial charge is 0.326 e. The lowest BCUT2D eigenvalue weighted by atomic mass is 10.1. The summed E-state index contributed by atoms with van der Waals surface area (Å²) in [5.41, 5.74) is 5.83. The van der Waals surface area contributed by atoms with E-state index >= 15 is 0 Å². The number of rotatable bonds is 5. The number of nitrogens with two attached hydrogens (primary N) is 1. The Balaban J connectivity index is 2.01. The third-order valence-electron chi connectivity index (χ3n) is 3.42. The molecule has 1 aromatic rings. The highest BCUT2D eigenvalue weighted by Crippen LogP contribution is 2.17. The Labute approximate surface area is 120 Å². The van der Waals surface area contributed by atoms with Crippen molar-refractivity contribution in [1.82, 2.24) is 20.2 Å². The van der Waals surface area contributed by atoms with Crippen molar-refractivity contribution in [1.29, 1.82) is 0 Å². The van der Waals surface area contributed by atoms with Crippen LogP contribution in [0, 0.1) is 0 Å². The highest BCUT2D eigenvalue weighted by molar-refractivity contribution is 5.88. The Hall–Kier alpha value is -2.58. The van der Waals surface area contributed by atoms with Gasteiger partial charge >= 0.3 is 12.0 Å². The quantitative estimate of drug-likeness (QED) is 0.555. The van der Waals surface area contributed by atoms with E-state index in [4.69, 9.17) is 5.73 Å². The zero-order valence-corrected chi connectivity index (χ0v) is 11.3. The Morgan fingerprint density at radius 1 is 1.57 bits per heavy atom. The lowest BCUT2D eigenvalue weighted by Crippen LogP contribution is -2.52. The molecule has 2 atom stereocenters. The summed E-state index contributed by atoms with van der Waals surface area (Å²) in [4.78, 5) is 42.5. The first-order chi connectivity index (χ1) is 9.99. The van der Waals surface area contributed by atoms with Crippen LogP contribution in [-0.4, -0.2) is 56.5 Å². The average molecular weight is 295 g/mol. The Kier molecular flexibility index (Phi) is 4.41. The van der Waals surface area contributed by atoms with Gasteiger partial charge in [-0.15, -0.1) is 0 Å². The van der Waals surface area contributed by atoms with Gasteiger partial charge in [0.05, 0.1) is 6.33 Å². The van der Waals surface area contributed by atoms with E-state index in [2.05, 4.69) is 15.3 Å². The number of hydrogen-bond donors (Lipinski definition) is 4. The predicted molar refractivity (Wildman–Crippen MR) is 71.2 cm³/mol. The summed E-state index contributed by atoms with van der Waals surface area (Å²) in [7, 11) is 0. The standard InChI is InChI=1S/C12H17N5O4/c13-10(18)9-2-1-3-17(9)12(21)16-8(11(19)20)4-7-5-14-6-15-7/h5-6,8-9H,1-4H2,(H2,13,18)(H,14,15)(H,16,21)(H,19,20). The molecule has 0 radical (unpaired) electrons. The molecule has 1 fully saturated rings. The van der Waals surface area contributed by atoms with Crippen LogP contribution in [0.1, 0.15) is 18.5 Å². The fraction of sp³-hybridized carbons (Fsp3) is 0.500. The number of aliphatic carboxylic acids is 1. The van der Waals surface area contributed by atoms with Crippen LogP contribution in [-0.2, 0) is 16.0 Å². The van der Waals surface area contributed by atoms with Crippen molar-refractivity contribution in [2.24, 2.45) is 5.73 Å². The van der Waals surface area contributed by atoms with Gasteiger partial charge in [0.2, 0.25) is 5.91 Å². The Morgan fingerprint density at radius 2 is 2.33 bits per heavy atom. The third-order valence-corrected chi connectivity index (χ3v) is 3.42. The van der Waals surface area contributed by atoms with Gasteiger partial charge in [0.1, 0.15) is 12.1 Å². The van der Waals surface area contributed by atoms with Crippen molar-refractivity contribution in [3.8, 4) is 0 Å². The molecule has 2 rings (SSSR count). The minimum atomic E-state index is -1.16. The molecule has 0 spiro atoms. The maximum Gasteiger partial charge on any atom is 0.326 e. The van der Waals surface area contributed by atoms with Gasteiger partial charge in [-0.05, 0) is 12.8 Å². The molecule has 1 saturated heterocycles. The number of nitrogens with one attached hydrogen (secondary N) is 2. The molecule has 3 amide bonds. The summed E-state index contributed by atoms with van der Waals surface area (Å²) in [5, 5.41) is 11.6. The van der Waals surface area contributed by atoms with Crippen LogP contribution >= 0.6 is 0 Å². The second-order valence-corrected chi connectivity index (χ2v) is 4.88. The van der Waals surface area contributed by atoms with E-state index in [1.807, 2.05) is 0 Å². The number of aromatic amines is 1. The van der Waals surface area contributed by atoms with Crippen molar-refractivity contribution < 1.29 is 19.5 Å². The molecule has 9 nitrogen and oxygen atoms in total. The molecule has 0 aliphatic carbocycles. The molecule has 9 heteroatoms. The third kappa shape index (κ3) is 3.50. The van der Waals surface area contributed by atoms with E-state index in [0.29, 0.717) is 25.1 Å². The Bertz CT molecular complexity index is 530. The van der Waals surface area contributed by atoms with Crippen molar-refractivity contribution >= 4 is 17.9 Å². The number of carbonyl (C=O) groups is 3. The normalized spacial score (nSPS) is 19.2. The number of primary amides is 1.